The van der Waals surface area contributed by atoms with Gasteiger partial charge < -0.3 is 24.6 Å². The third kappa shape index (κ3) is 6.19. The van der Waals surface area contributed by atoms with E-state index in [0.29, 0.717) is 39.1 Å². The van der Waals surface area contributed by atoms with Crippen LogP contribution in [0.15, 0.2) is 54.6 Å². The average molecular weight is 480 g/mol. The van der Waals surface area contributed by atoms with Crippen LogP contribution in [0.4, 0.5) is 4.79 Å². The van der Waals surface area contributed by atoms with Crippen LogP contribution in [-0.4, -0.2) is 66.4 Å². The van der Waals surface area contributed by atoms with Crippen molar-refractivity contribution in [3.05, 3.63) is 65.7 Å². The molecule has 2 heterocycles. The molecule has 0 spiro atoms. The number of benzene rings is 2. The molecule has 8 heteroatoms. The van der Waals surface area contributed by atoms with Gasteiger partial charge in [0.2, 0.25) is 5.91 Å². The Bertz CT molecular complexity index is 1010. The monoisotopic (exact) mass is 479 g/mol. The summed E-state index contributed by atoms with van der Waals surface area (Å²) in [4.78, 5) is 42.4. The van der Waals surface area contributed by atoms with Crippen molar-refractivity contribution in [3.63, 3.8) is 0 Å². The number of ether oxygens (including phenoxy) is 2. The van der Waals surface area contributed by atoms with Gasteiger partial charge in [0.25, 0.3) is 0 Å². The molecule has 2 aliphatic rings. The van der Waals surface area contributed by atoms with Crippen LogP contribution in [-0.2, 0) is 27.5 Å². The SMILES string of the molecule is COc1ccc(CNC(=O)N2CCCC2C(=O)N2CCCC2C(=O)COCc2ccccc2)cc1. The molecule has 186 valence electrons. The van der Waals surface area contributed by atoms with Gasteiger partial charge in [0.15, 0.2) is 5.78 Å². The Balaban J connectivity index is 1.30. The van der Waals surface area contributed by atoms with Gasteiger partial charge in [-0.1, -0.05) is 42.5 Å². The van der Waals surface area contributed by atoms with E-state index in [2.05, 4.69) is 5.32 Å². The Morgan fingerprint density at radius 3 is 2.29 bits per heavy atom. The number of amides is 3. The summed E-state index contributed by atoms with van der Waals surface area (Å²) in [5, 5.41) is 2.92. The van der Waals surface area contributed by atoms with Crippen LogP contribution < -0.4 is 10.1 Å². The first-order chi connectivity index (χ1) is 17.1. The molecule has 0 radical (unpaired) electrons. The minimum Gasteiger partial charge on any atom is -0.497 e. The second kappa shape index (κ2) is 11.8. The van der Waals surface area contributed by atoms with E-state index in [1.165, 1.54) is 0 Å². The Kier molecular flexibility index (Phi) is 8.36. The summed E-state index contributed by atoms with van der Waals surface area (Å²) in [7, 11) is 1.61. The maximum Gasteiger partial charge on any atom is 0.318 e. The van der Waals surface area contributed by atoms with Crippen LogP contribution in [0, 0.1) is 0 Å². The largest absolute Gasteiger partial charge is 0.497 e. The molecule has 1 N–H and O–H groups in total. The molecular weight excluding hydrogens is 446 g/mol. The van der Waals surface area contributed by atoms with Gasteiger partial charge in [-0.05, 0) is 48.9 Å². The lowest BCUT2D eigenvalue weighted by Crippen LogP contribution is -2.53. The molecule has 2 aromatic rings. The van der Waals surface area contributed by atoms with Gasteiger partial charge in [0.1, 0.15) is 18.4 Å². The first kappa shape index (κ1) is 24.7. The van der Waals surface area contributed by atoms with Crippen molar-refractivity contribution in [2.45, 2.75) is 50.9 Å². The Hall–Kier alpha value is -3.39. The molecule has 2 unspecified atom stereocenters. The molecule has 8 nitrogen and oxygen atoms in total. The smallest absolute Gasteiger partial charge is 0.318 e. The van der Waals surface area contributed by atoms with E-state index in [-0.39, 0.29) is 24.3 Å². The third-order valence-electron chi connectivity index (χ3n) is 6.66. The molecule has 0 bridgehead atoms. The van der Waals surface area contributed by atoms with Crippen molar-refractivity contribution in [1.29, 1.82) is 0 Å². The van der Waals surface area contributed by atoms with Gasteiger partial charge in [-0.2, -0.15) is 0 Å². The summed E-state index contributed by atoms with van der Waals surface area (Å²) in [6, 6.07) is 15.9. The number of likely N-dealkylation sites (tertiary alicyclic amines) is 2. The van der Waals surface area contributed by atoms with E-state index in [4.69, 9.17) is 9.47 Å². The number of ketones is 1. The molecule has 2 aromatic carbocycles. The van der Waals surface area contributed by atoms with Gasteiger partial charge >= 0.3 is 6.03 Å². The zero-order chi connectivity index (χ0) is 24.6. The summed E-state index contributed by atoms with van der Waals surface area (Å²) < 4.78 is 10.8. The lowest BCUT2D eigenvalue weighted by atomic mass is 10.1. The molecule has 2 saturated heterocycles. The lowest BCUT2D eigenvalue weighted by molar-refractivity contribution is -0.142. The molecule has 2 fully saturated rings. The standard InChI is InChI=1S/C27H33N3O5/c1-34-22-13-11-20(12-14-22)17-28-27(33)30-16-6-10-24(30)26(32)29-15-5-9-23(29)25(31)19-35-18-21-7-3-2-4-8-21/h2-4,7-8,11-14,23-24H,5-6,9-10,15-19H2,1H3,(H,28,33). The van der Waals surface area contributed by atoms with Crippen molar-refractivity contribution >= 4 is 17.7 Å². The zero-order valence-corrected chi connectivity index (χ0v) is 20.2. The van der Waals surface area contributed by atoms with Crippen molar-refractivity contribution in [2.75, 3.05) is 26.8 Å². The minimum absolute atomic E-state index is 0.0277. The van der Waals surface area contributed by atoms with Gasteiger partial charge in [0, 0.05) is 19.6 Å². The third-order valence-corrected chi connectivity index (χ3v) is 6.66. The highest BCUT2D eigenvalue weighted by atomic mass is 16.5. The fourth-order valence-corrected chi connectivity index (χ4v) is 4.79. The van der Waals surface area contributed by atoms with Crippen molar-refractivity contribution in [3.8, 4) is 5.75 Å². The predicted octanol–water partition coefficient (Wildman–Crippen LogP) is 3.15. The average Bonchev–Trinajstić information content (AvgIpc) is 3.58. The maximum absolute atomic E-state index is 13.4. The van der Waals surface area contributed by atoms with E-state index in [1.807, 2.05) is 54.6 Å². The number of urea groups is 1. The predicted molar refractivity (Wildman–Crippen MR) is 131 cm³/mol. The highest BCUT2D eigenvalue weighted by molar-refractivity contribution is 5.93. The van der Waals surface area contributed by atoms with Crippen molar-refractivity contribution in [2.24, 2.45) is 0 Å². The van der Waals surface area contributed by atoms with Gasteiger partial charge in [0.05, 0.1) is 19.8 Å². The van der Waals surface area contributed by atoms with Crippen LogP contribution in [0.1, 0.15) is 36.8 Å². The molecular formula is C27H33N3O5. The Morgan fingerprint density at radius 1 is 0.886 bits per heavy atom. The Morgan fingerprint density at radius 2 is 1.57 bits per heavy atom. The van der Waals surface area contributed by atoms with Crippen molar-refractivity contribution in [1.82, 2.24) is 15.1 Å². The number of carbonyl (C=O) groups excluding carboxylic acids is 3. The molecule has 0 saturated carbocycles. The van der Waals surface area contributed by atoms with E-state index < -0.39 is 12.1 Å². The Labute approximate surface area is 206 Å². The van der Waals surface area contributed by atoms with Crippen LogP contribution in [0.25, 0.3) is 0 Å². The number of nitrogens with zero attached hydrogens (tertiary/aromatic N) is 2. The van der Waals surface area contributed by atoms with Crippen LogP contribution in [0.5, 0.6) is 5.75 Å². The maximum atomic E-state index is 13.4. The topological polar surface area (TPSA) is 88.2 Å². The second-order valence-electron chi connectivity index (χ2n) is 8.99. The van der Waals surface area contributed by atoms with Crippen LogP contribution in [0.2, 0.25) is 0 Å². The highest BCUT2D eigenvalue weighted by Gasteiger charge is 2.41. The van der Waals surface area contributed by atoms with Crippen LogP contribution in [0.3, 0.4) is 0 Å². The van der Waals surface area contributed by atoms with E-state index in [1.54, 1.807) is 16.9 Å². The van der Waals surface area contributed by atoms with E-state index in [0.717, 1.165) is 29.7 Å². The van der Waals surface area contributed by atoms with Gasteiger partial charge in [-0.15, -0.1) is 0 Å². The van der Waals surface area contributed by atoms with E-state index in [9.17, 15) is 14.4 Å². The van der Waals surface area contributed by atoms with Gasteiger partial charge in [-0.25, -0.2) is 4.79 Å². The second-order valence-corrected chi connectivity index (χ2v) is 8.99. The molecule has 2 atom stereocenters. The summed E-state index contributed by atoms with van der Waals surface area (Å²) >= 11 is 0. The highest BCUT2D eigenvalue weighted by Crippen LogP contribution is 2.25. The summed E-state index contributed by atoms with van der Waals surface area (Å²) in [5.41, 5.74) is 1.95. The quantitative estimate of drug-likeness (QED) is 0.597. The fraction of sp³-hybridized carbons (Fsp3) is 0.444. The van der Waals surface area contributed by atoms with E-state index >= 15 is 0 Å². The molecule has 0 aliphatic carbocycles. The van der Waals surface area contributed by atoms with Crippen molar-refractivity contribution < 1.29 is 23.9 Å². The zero-order valence-electron chi connectivity index (χ0n) is 20.2. The number of Topliss-reactive ketones (excluding diaryl/α,β-unsaturated/α-hetero) is 1. The number of carbonyl (C=O) groups is 3. The number of nitrogens with one attached hydrogen (secondary N) is 1. The normalized spacial score (nSPS) is 19.6. The molecule has 4 rings (SSSR count). The lowest BCUT2D eigenvalue weighted by Gasteiger charge is -2.31. The first-order valence-electron chi connectivity index (χ1n) is 12.2. The summed E-state index contributed by atoms with van der Waals surface area (Å²) in [5.74, 6) is 0.534. The summed E-state index contributed by atoms with van der Waals surface area (Å²) in [6.07, 6.45) is 2.78. The number of methoxy groups -OCH3 is 1. The minimum atomic E-state index is -0.537. The first-order valence-corrected chi connectivity index (χ1v) is 12.2. The molecule has 2 aliphatic heterocycles. The number of rotatable bonds is 9. The summed E-state index contributed by atoms with van der Waals surface area (Å²) in [6.45, 7) is 1.76. The molecule has 3 amide bonds. The number of hydrogen-bond acceptors (Lipinski definition) is 5. The van der Waals surface area contributed by atoms with Crippen LogP contribution >= 0.6 is 0 Å². The number of hydrogen-bond donors (Lipinski definition) is 1. The fourth-order valence-electron chi connectivity index (χ4n) is 4.79. The molecule has 35 heavy (non-hydrogen) atoms. The van der Waals surface area contributed by atoms with Gasteiger partial charge in [-0.3, -0.25) is 9.59 Å². The molecule has 0 aromatic heterocycles.